The van der Waals surface area contributed by atoms with E-state index in [1.54, 1.807) is 72.7 Å². The number of hydrogen-bond donors (Lipinski definition) is 2. The van der Waals surface area contributed by atoms with E-state index in [0.717, 1.165) is 4.90 Å². The Hall–Kier alpha value is -3.94. The van der Waals surface area contributed by atoms with Crippen molar-refractivity contribution in [3.63, 3.8) is 0 Å². The number of amides is 4. The van der Waals surface area contributed by atoms with Crippen LogP contribution in [0.5, 0.6) is 0 Å². The Balaban J connectivity index is 1.56. The van der Waals surface area contributed by atoms with Crippen molar-refractivity contribution in [1.29, 1.82) is 0 Å². The summed E-state index contributed by atoms with van der Waals surface area (Å²) < 4.78 is 0. The standard InChI is InChI=1S/C22H20N4O4/c1-13(27)14-7-6-8-15(11-14)23-20(28)17-12-25(2)19-18(17)24-22(30)26(21(19)29)16-9-4-3-5-10-16/h3-12,18-19H,1-2H3,(H,23,28)(H,24,30). The van der Waals surface area contributed by atoms with Crippen LogP contribution in [0.4, 0.5) is 16.2 Å². The first kappa shape index (κ1) is 19.4. The van der Waals surface area contributed by atoms with E-state index in [2.05, 4.69) is 10.6 Å². The molecule has 2 aliphatic rings. The van der Waals surface area contributed by atoms with Crippen LogP contribution in [0.25, 0.3) is 0 Å². The zero-order chi connectivity index (χ0) is 21.4. The smallest absolute Gasteiger partial charge is 0.329 e. The maximum absolute atomic E-state index is 13.1. The molecule has 2 aromatic carbocycles. The molecule has 0 aromatic heterocycles. The third-order valence-electron chi connectivity index (χ3n) is 5.19. The van der Waals surface area contributed by atoms with Crippen LogP contribution in [0.2, 0.25) is 0 Å². The number of carbonyl (C=O) groups is 4. The number of fused-ring (bicyclic) bond motifs is 1. The molecule has 0 saturated carbocycles. The van der Waals surface area contributed by atoms with Crippen molar-refractivity contribution in [1.82, 2.24) is 10.2 Å². The Kier molecular flexibility index (Phi) is 4.83. The normalized spacial score (nSPS) is 20.4. The number of nitrogens with zero attached hydrogens (tertiary/aromatic N) is 2. The summed E-state index contributed by atoms with van der Waals surface area (Å²) in [4.78, 5) is 53.0. The maximum atomic E-state index is 13.1. The second kappa shape index (κ2) is 7.47. The second-order valence-corrected chi connectivity index (χ2v) is 7.22. The molecule has 4 rings (SSSR count). The largest absolute Gasteiger partial charge is 0.366 e. The van der Waals surface area contributed by atoms with E-state index in [1.165, 1.54) is 6.92 Å². The minimum Gasteiger partial charge on any atom is -0.366 e. The van der Waals surface area contributed by atoms with E-state index in [0.29, 0.717) is 16.9 Å². The van der Waals surface area contributed by atoms with Crippen molar-refractivity contribution < 1.29 is 19.2 Å². The van der Waals surface area contributed by atoms with Crippen molar-refractivity contribution in [2.75, 3.05) is 17.3 Å². The molecule has 1 saturated heterocycles. The van der Waals surface area contributed by atoms with Gasteiger partial charge in [-0.15, -0.1) is 0 Å². The lowest BCUT2D eigenvalue weighted by atomic mass is 9.99. The number of likely N-dealkylation sites (N-methyl/N-ethyl adjacent to an activating group) is 1. The Bertz CT molecular complexity index is 1080. The quantitative estimate of drug-likeness (QED) is 0.761. The molecule has 8 nitrogen and oxygen atoms in total. The topological polar surface area (TPSA) is 98.8 Å². The maximum Gasteiger partial charge on any atom is 0.329 e. The van der Waals surface area contributed by atoms with E-state index in [1.807, 2.05) is 0 Å². The van der Waals surface area contributed by atoms with E-state index in [4.69, 9.17) is 0 Å². The molecule has 0 spiro atoms. The highest BCUT2D eigenvalue weighted by molar-refractivity contribution is 6.20. The van der Waals surface area contributed by atoms with Gasteiger partial charge in [0.25, 0.3) is 11.8 Å². The van der Waals surface area contributed by atoms with Gasteiger partial charge in [0.2, 0.25) is 0 Å². The highest BCUT2D eigenvalue weighted by Crippen LogP contribution is 2.29. The van der Waals surface area contributed by atoms with Crippen LogP contribution >= 0.6 is 0 Å². The third-order valence-corrected chi connectivity index (χ3v) is 5.19. The fourth-order valence-corrected chi connectivity index (χ4v) is 3.73. The number of ketones is 1. The van der Waals surface area contributed by atoms with Crippen LogP contribution < -0.4 is 15.5 Å². The molecular weight excluding hydrogens is 384 g/mol. The molecular formula is C22H20N4O4. The monoisotopic (exact) mass is 404 g/mol. The van der Waals surface area contributed by atoms with Crippen LogP contribution in [0.15, 0.2) is 66.4 Å². The number of hydrogen-bond acceptors (Lipinski definition) is 5. The van der Waals surface area contributed by atoms with Crippen LogP contribution in [-0.4, -0.2) is 47.7 Å². The van der Waals surface area contributed by atoms with Gasteiger partial charge in [-0.1, -0.05) is 30.3 Å². The fourth-order valence-electron chi connectivity index (χ4n) is 3.73. The van der Waals surface area contributed by atoms with Gasteiger partial charge in [0.1, 0.15) is 6.04 Å². The fraction of sp³-hybridized carbons (Fsp3) is 0.182. The van der Waals surface area contributed by atoms with E-state index < -0.39 is 29.9 Å². The third kappa shape index (κ3) is 3.32. The van der Waals surface area contributed by atoms with E-state index in [9.17, 15) is 19.2 Å². The SMILES string of the molecule is CC(=O)c1cccc(NC(=O)C2=CN(C)C3C(=O)N(c4ccccc4)C(=O)NC23)c1. The van der Waals surface area contributed by atoms with Gasteiger partial charge in [0, 0.05) is 24.5 Å². The van der Waals surface area contributed by atoms with Crippen LogP contribution in [0, 0.1) is 0 Å². The summed E-state index contributed by atoms with van der Waals surface area (Å²) in [6, 6.07) is 13.1. The molecule has 0 aliphatic carbocycles. The molecule has 152 valence electrons. The van der Waals surface area contributed by atoms with Crippen molar-refractivity contribution in [2.45, 2.75) is 19.0 Å². The van der Waals surface area contributed by atoms with E-state index >= 15 is 0 Å². The number of urea groups is 1. The summed E-state index contributed by atoms with van der Waals surface area (Å²) in [6.07, 6.45) is 1.56. The second-order valence-electron chi connectivity index (χ2n) is 7.22. The van der Waals surface area contributed by atoms with Crippen molar-refractivity contribution in [3.05, 3.63) is 71.9 Å². The number of rotatable bonds is 4. The molecule has 2 atom stereocenters. The zero-order valence-corrected chi connectivity index (χ0v) is 16.5. The lowest BCUT2D eigenvalue weighted by molar-refractivity contribution is -0.122. The minimum atomic E-state index is -0.772. The lowest BCUT2D eigenvalue weighted by Gasteiger charge is -2.37. The van der Waals surface area contributed by atoms with Gasteiger partial charge in [0.05, 0.1) is 17.3 Å². The highest BCUT2D eigenvalue weighted by Gasteiger charge is 2.49. The predicted octanol–water partition coefficient (Wildman–Crippen LogP) is 2.15. The summed E-state index contributed by atoms with van der Waals surface area (Å²) in [5.41, 5.74) is 1.66. The number of carbonyl (C=O) groups excluding carboxylic acids is 4. The number of nitrogens with one attached hydrogen (secondary N) is 2. The number of imide groups is 1. The first-order valence-corrected chi connectivity index (χ1v) is 9.42. The summed E-state index contributed by atoms with van der Waals surface area (Å²) in [5, 5.41) is 5.52. The van der Waals surface area contributed by atoms with Crippen LogP contribution in [0.1, 0.15) is 17.3 Å². The van der Waals surface area contributed by atoms with E-state index in [-0.39, 0.29) is 11.4 Å². The van der Waals surface area contributed by atoms with Gasteiger partial charge in [-0.05, 0) is 31.2 Å². The van der Waals surface area contributed by atoms with Gasteiger partial charge in [0.15, 0.2) is 5.78 Å². The highest BCUT2D eigenvalue weighted by atomic mass is 16.2. The molecule has 2 aliphatic heterocycles. The molecule has 0 radical (unpaired) electrons. The van der Waals surface area contributed by atoms with Crippen molar-refractivity contribution in [2.24, 2.45) is 0 Å². The lowest BCUT2D eigenvalue weighted by Crippen LogP contribution is -2.65. The summed E-state index contributed by atoms with van der Waals surface area (Å²) in [5.74, 6) is -0.969. The molecule has 8 heteroatoms. The van der Waals surface area contributed by atoms with Gasteiger partial charge >= 0.3 is 6.03 Å². The number of para-hydroxylation sites is 1. The Morgan fingerprint density at radius 3 is 2.47 bits per heavy atom. The summed E-state index contributed by atoms with van der Waals surface area (Å²) in [6.45, 7) is 1.45. The number of Topliss-reactive ketones (excluding diaryl/α,β-unsaturated/α-hetero) is 1. The van der Waals surface area contributed by atoms with Gasteiger partial charge in [-0.2, -0.15) is 0 Å². The van der Waals surface area contributed by atoms with Crippen LogP contribution in [-0.2, 0) is 9.59 Å². The number of anilines is 2. The molecule has 4 amide bonds. The zero-order valence-electron chi connectivity index (χ0n) is 16.5. The molecule has 2 heterocycles. The van der Waals surface area contributed by atoms with Gasteiger partial charge in [-0.3, -0.25) is 14.4 Å². The van der Waals surface area contributed by atoms with Crippen LogP contribution in [0.3, 0.4) is 0 Å². The minimum absolute atomic E-state index is 0.114. The average Bonchev–Trinajstić information content (AvgIpc) is 3.05. The Morgan fingerprint density at radius 1 is 1.03 bits per heavy atom. The molecule has 2 N–H and O–H groups in total. The predicted molar refractivity (Wildman–Crippen MR) is 111 cm³/mol. The Labute approximate surface area is 173 Å². The summed E-state index contributed by atoms with van der Waals surface area (Å²) in [7, 11) is 1.69. The Morgan fingerprint density at radius 2 is 1.77 bits per heavy atom. The molecule has 2 unspecified atom stereocenters. The summed E-state index contributed by atoms with van der Waals surface area (Å²) >= 11 is 0. The molecule has 30 heavy (non-hydrogen) atoms. The van der Waals surface area contributed by atoms with Crippen molar-refractivity contribution in [3.8, 4) is 0 Å². The average molecular weight is 404 g/mol. The van der Waals surface area contributed by atoms with Crippen molar-refractivity contribution >= 4 is 35.0 Å². The molecule has 1 fully saturated rings. The van der Waals surface area contributed by atoms with Gasteiger partial charge in [-0.25, -0.2) is 9.69 Å². The van der Waals surface area contributed by atoms with Gasteiger partial charge < -0.3 is 15.5 Å². The molecule has 2 aromatic rings. The first-order valence-electron chi connectivity index (χ1n) is 9.42. The molecule has 0 bridgehead atoms. The number of benzene rings is 2. The first-order chi connectivity index (χ1) is 14.4.